The minimum Gasteiger partial charge on any atom is -0.396 e. The second-order valence-electron chi connectivity index (χ2n) is 8.96. The molecule has 4 aromatic rings. The van der Waals surface area contributed by atoms with Gasteiger partial charge in [-0.05, 0) is 49.2 Å². The van der Waals surface area contributed by atoms with Crippen molar-refractivity contribution in [3.05, 3.63) is 53.3 Å². The van der Waals surface area contributed by atoms with Gasteiger partial charge in [0.15, 0.2) is 16.6 Å². The predicted octanol–water partition coefficient (Wildman–Crippen LogP) is 3.49. The van der Waals surface area contributed by atoms with Gasteiger partial charge >= 0.3 is 0 Å². The van der Waals surface area contributed by atoms with Gasteiger partial charge in [0.25, 0.3) is 0 Å². The summed E-state index contributed by atoms with van der Waals surface area (Å²) in [6.45, 7) is 4.06. The Hall–Kier alpha value is -2.93. The third-order valence-corrected chi connectivity index (χ3v) is 8.68. The number of benzene rings is 1. The maximum Gasteiger partial charge on any atom is 0.191 e. The first-order valence-corrected chi connectivity index (χ1v) is 14.6. The summed E-state index contributed by atoms with van der Waals surface area (Å²) in [4.78, 5) is 13.8. The lowest BCUT2D eigenvalue weighted by molar-refractivity contribution is 0.218. The lowest BCUT2D eigenvalue weighted by Gasteiger charge is -2.40. The molecule has 1 fully saturated rings. The Balaban J connectivity index is 1.47. The molecule has 0 spiro atoms. The van der Waals surface area contributed by atoms with Crippen LogP contribution >= 0.6 is 11.3 Å². The molecule has 0 bridgehead atoms. The molecule has 9 nitrogen and oxygen atoms in total. The first-order valence-electron chi connectivity index (χ1n) is 12.2. The molecule has 2 atom stereocenters. The van der Waals surface area contributed by atoms with Crippen molar-refractivity contribution in [1.29, 1.82) is 0 Å². The molecule has 5 rings (SSSR count). The van der Waals surface area contributed by atoms with Crippen molar-refractivity contribution in [2.45, 2.75) is 25.8 Å². The molecular formula is C25H30FN7O2S2. The number of aryl methyl sites for hydroxylation is 1. The second kappa shape index (κ2) is 10.8. The first-order chi connectivity index (χ1) is 17.9. The highest BCUT2D eigenvalue weighted by atomic mass is 32.2. The summed E-state index contributed by atoms with van der Waals surface area (Å²) < 4.78 is 29.3. The number of aromatic nitrogens is 4. The average Bonchev–Trinajstić information content (AvgIpc) is 3.53. The van der Waals surface area contributed by atoms with E-state index in [0.29, 0.717) is 26.1 Å². The normalized spacial score (nSPS) is 17.4. The molecule has 0 amide bonds. The fraction of sp³-hybridized carbons (Fsp3) is 0.400. The number of imidazole rings is 1. The number of rotatable bonds is 8. The first kappa shape index (κ1) is 25.7. The Labute approximate surface area is 221 Å². The summed E-state index contributed by atoms with van der Waals surface area (Å²) in [5, 5.41) is 17.3. The van der Waals surface area contributed by atoms with Gasteiger partial charge in [-0.25, -0.2) is 22.9 Å². The quantitative estimate of drug-likeness (QED) is 0.364. The van der Waals surface area contributed by atoms with Crippen molar-refractivity contribution >= 4 is 44.7 Å². The summed E-state index contributed by atoms with van der Waals surface area (Å²) in [5.74, 6) is 1.38. The van der Waals surface area contributed by atoms with Crippen LogP contribution in [-0.4, -0.2) is 78.8 Å². The van der Waals surface area contributed by atoms with E-state index in [1.807, 2.05) is 38.3 Å². The zero-order valence-electron chi connectivity index (χ0n) is 21.0. The van der Waals surface area contributed by atoms with Gasteiger partial charge in [-0.2, -0.15) is 4.52 Å². The summed E-state index contributed by atoms with van der Waals surface area (Å²) in [5.41, 5.74) is 3.30. The zero-order valence-corrected chi connectivity index (χ0v) is 22.7. The SMILES string of the molecule is CCc1nc2ccc(N3CCN(S(C)=O)C(CCO)C3)nn2c1N(C)c1nc(-c2ccc(F)cc2)cs1. The molecule has 1 saturated heterocycles. The monoisotopic (exact) mass is 543 g/mol. The number of fused-ring (bicyclic) bond motifs is 1. The molecule has 1 aromatic carbocycles. The number of hydrogen-bond donors (Lipinski definition) is 1. The van der Waals surface area contributed by atoms with Crippen LogP contribution < -0.4 is 9.80 Å². The van der Waals surface area contributed by atoms with E-state index in [-0.39, 0.29) is 18.5 Å². The molecule has 0 saturated carbocycles. The molecule has 1 aliphatic rings. The van der Waals surface area contributed by atoms with Crippen LogP contribution in [0.15, 0.2) is 41.8 Å². The van der Waals surface area contributed by atoms with E-state index < -0.39 is 11.0 Å². The van der Waals surface area contributed by atoms with E-state index in [2.05, 4.69) is 11.8 Å². The van der Waals surface area contributed by atoms with E-state index in [1.165, 1.54) is 23.5 Å². The second-order valence-corrected chi connectivity index (χ2v) is 11.1. The van der Waals surface area contributed by atoms with Crippen LogP contribution in [0.5, 0.6) is 0 Å². The minimum absolute atomic E-state index is 0.0154. The number of piperazine rings is 1. The Kier molecular flexibility index (Phi) is 7.52. The van der Waals surface area contributed by atoms with Crippen molar-refractivity contribution in [2.24, 2.45) is 0 Å². The Morgan fingerprint density at radius 2 is 1.97 bits per heavy atom. The summed E-state index contributed by atoms with van der Waals surface area (Å²) >= 11 is 1.51. The third-order valence-electron chi connectivity index (χ3n) is 6.63. The van der Waals surface area contributed by atoms with Gasteiger partial charge in [-0.3, -0.25) is 0 Å². The number of aliphatic hydroxyl groups is 1. The maximum atomic E-state index is 13.4. The third kappa shape index (κ3) is 5.11. The van der Waals surface area contributed by atoms with Crippen LogP contribution in [0.2, 0.25) is 0 Å². The maximum absolute atomic E-state index is 13.4. The minimum atomic E-state index is -1.09. The van der Waals surface area contributed by atoms with Crippen LogP contribution in [0, 0.1) is 5.82 Å². The average molecular weight is 544 g/mol. The summed E-state index contributed by atoms with van der Waals surface area (Å²) in [6.07, 6.45) is 2.97. The summed E-state index contributed by atoms with van der Waals surface area (Å²) in [6, 6.07) is 10.3. The molecule has 196 valence electrons. The van der Waals surface area contributed by atoms with Crippen LogP contribution in [-0.2, 0) is 17.4 Å². The Morgan fingerprint density at radius 3 is 2.68 bits per heavy atom. The van der Waals surface area contributed by atoms with Gasteiger partial charge in [-0.15, -0.1) is 16.4 Å². The number of hydrogen-bond acceptors (Lipinski definition) is 8. The van der Waals surface area contributed by atoms with Crippen molar-refractivity contribution in [2.75, 3.05) is 49.3 Å². The molecule has 12 heteroatoms. The lowest BCUT2D eigenvalue weighted by atomic mass is 10.1. The van der Waals surface area contributed by atoms with Crippen LogP contribution in [0.3, 0.4) is 0 Å². The van der Waals surface area contributed by atoms with Gasteiger partial charge in [0.05, 0.1) is 22.4 Å². The fourth-order valence-corrected chi connectivity index (χ4v) is 6.46. The van der Waals surface area contributed by atoms with Crippen LogP contribution in [0.1, 0.15) is 19.0 Å². The van der Waals surface area contributed by atoms with Crippen molar-refractivity contribution in [1.82, 2.24) is 23.9 Å². The molecule has 0 aliphatic carbocycles. The smallest absolute Gasteiger partial charge is 0.191 e. The molecule has 1 N–H and O–H groups in total. The molecule has 2 unspecified atom stereocenters. The number of thiazole rings is 1. The van der Waals surface area contributed by atoms with E-state index >= 15 is 0 Å². The standard InChI is InChI=1S/C25H30FN7O2S2/c1-4-20-24(30(2)25-28-21(16-36-25)17-5-7-18(26)8-6-17)33-22(27-20)9-10-23(29-33)31-12-13-32(37(3)35)19(15-31)11-14-34/h5-10,16,19,34H,4,11-15H2,1-3H3. The largest absolute Gasteiger partial charge is 0.396 e. The predicted molar refractivity (Wildman–Crippen MR) is 146 cm³/mol. The van der Waals surface area contributed by atoms with E-state index in [0.717, 1.165) is 45.8 Å². The van der Waals surface area contributed by atoms with Gasteiger partial charge in [0.1, 0.15) is 11.6 Å². The summed E-state index contributed by atoms with van der Waals surface area (Å²) in [7, 11) is 0.865. The highest BCUT2D eigenvalue weighted by Gasteiger charge is 2.30. The highest BCUT2D eigenvalue weighted by Crippen LogP contribution is 2.34. The Bertz CT molecular complexity index is 1410. The van der Waals surface area contributed by atoms with Crippen molar-refractivity contribution < 1.29 is 13.7 Å². The van der Waals surface area contributed by atoms with Crippen molar-refractivity contribution in [3.8, 4) is 11.3 Å². The van der Waals surface area contributed by atoms with Gasteiger partial charge in [0.2, 0.25) is 0 Å². The number of nitrogens with zero attached hydrogens (tertiary/aromatic N) is 7. The van der Waals surface area contributed by atoms with Crippen molar-refractivity contribution in [3.63, 3.8) is 0 Å². The van der Waals surface area contributed by atoms with Crippen LogP contribution in [0.4, 0.5) is 21.2 Å². The molecule has 1 aliphatic heterocycles. The van der Waals surface area contributed by atoms with Gasteiger partial charge in [0, 0.05) is 56.5 Å². The van der Waals surface area contributed by atoms with Gasteiger partial charge < -0.3 is 14.9 Å². The number of anilines is 3. The van der Waals surface area contributed by atoms with E-state index in [4.69, 9.17) is 15.1 Å². The molecular weight excluding hydrogens is 513 g/mol. The Morgan fingerprint density at radius 1 is 1.19 bits per heavy atom. The molecule has 3 aromatic heterocycles. The molecule has 0 radical (unpaired) electrons. The highest BCUT2D eigenvalue weighted by molar-refractivity contribution is 7.81. The fourth-order valence-electron chi connectivity index (χ4n) is 4.73. The van der Waals surface area contributed by atoms with Crippen LogP contribution in [0.25, 0.3) is 16.9 Å². The topological polar surface area (TPSA) is 90.1 Å². The number of halogens is 1. The number of aliphatic hydroxyl groups excluding tert-OH is 1. The molecule has 37 heavy (non-hydrogen) atoms. The van der Waals surface area contributed by atoms with Gasteiger partial charge in [-0.1, -0.05) is 6.92 Å². The zero-order chi connectivity index (χ0) is 26.1. The molecule has 4 heterocycles. The van der Waals surface area contributed by atoms with E-state index in [9.17, 15) is 13.7 Å². The lowest BCUT2D eigenvalue weighted by Crippen LogP contribution is -2.54. The van der Waals surface area contributed by atoms with E-state index in [1.54, 1.807) is 18.4 Å².